The zero-order valence-electron chi connectivity index (χ0n) is 15.4. The van der Waals surface area contributed by atoms with Gasteiger partial charge in [-0.25, -0.2) is 4.90 Å². The van der Waals surface area contributed by atoms with Gasteiger partial charge in [-0.1, -0.05) is 11.6 Å². The first-order chi connectivity index (χ1) is 13.3. The number of anilines is 1. The number of ether oxygens (including phenoxy) is 2. The molecule has 2 unspecified atom stereocenters. The first-order valence-electron chi connectivity index (χ1n) is 9.10. The van der Waals surface area contributed by atoms with Gasteiger partial charge in [0.15, 0.2) is 5.78 Å². The normalized spacial score (nSPS) is 25.7. The topological polar surface area (TPSA) is 90.0 Å². The van der Waals surface area contributed by atoms with Crippen LogP contribution in [0.15, 0.2) is 29.5 Å². The number of benzene rings is 1. The summed E-state index contributed by atoms with van der Waals surface area (Å²) in [5, 5.41) is 0.318. The molecule has 146 valence electrons. The van der Waals surface area contributed by atoms with Gasteiger partial charge in [-0.2, -0.15) is 0 Å². The Morgan fingerprint density at radius 3 is 2.75 bits per heavy atom. The van der Waals surface area contributed by atoms with E-state index < -0.39 is 29.3 Å². The maximum Gasteiger partial charge on any atom is 0.318 e. The van der Waals surface area contributed by atoms with Crippen molar-refractivity contribution in [2.24, 2.45) is 5.92 Å². The van der Waals surface area contributed by atoms with Gasteiger partial charge in [0, 0.05) is 30.4 Å². The molecule has 0 aromatic heterocycles. The van der Waals surface area contributed by atoms with E-state index in [-0.39, 0.29) is 24.4 Å². The molecule has 8 heteroatoms. The lowest BCUT2D eigenvalue weighted by molar-refractivity contribution is -0.161. The summed E-state index contributed by atoms with van der Waals surface area (Å²) in [5.41, 5.74) is -1.10. The van der Waals surface area contributed by atoms with Gasteiger partial charge in [0.05, 0.1) is 17.9 Å². The Hall–Kier alpha value is -2.67. The minimum Gasteiger partial charge on any atom is -0.475 e. The van der Waals surface area contributed by atoms with Crippen LogP contribution in [-0.4, -0.2) is 30.2 Å². The lowest BCUT2D eigenvalue weighted by Gasteiger charge is -2.29. The van der Waals surface area contributed by atoms with E-state index in [4.69, 9.17) is 21.1 Å². The van der Waals surface area contributed by atoms with Crippen LogP contribution in [0.2, 0.25) is 5.02 Å². The summed E-state index contributed by atoms with van der Waals surface area (Å²) in [7, 11) is 0. The van der Waals surface area contributed by atoms with E-state index in [0.29, 0.717) is 34.9 Å². The molecule has 0 fully saturated rings. The summed E-state index contributed by atoms with van der Waals surface area (Å²) in [6.07, 6.45) is 1.26. The number of rotatable bonds is 2. The van der Waals surface area contributed by atoms with Crippen LogP contribution in [0, 0.1) is 5.92 Å². The van der Waals surface area contributed by atoms with E-state index >= 15 is 0 Å². The van der Waals surface area contributed by atoms with Gasteiger partial charge in [0.1, 0.15) is 11.7 Å². The molecule has 2 amide bonds. The lowest BCUT2D eigenvalue weighted by atomic mass is 9.76. The molecular formula is C20H18ClNO6. The molecule has 2 atom stereocenters. The van der Waals surface area contributed by atoms with E-state index in [0.717, 1.165) is 4.90 Å². The van der Waals surface area contributed by atoms with Gasteiger partial charge in [-0.3, -0.25) is 19.2 Å². The first-order valence-corrected chi connectivity index (χ1v) is 9.47. The SMILES string of the molecule is CCOC(=O)C1C2=C(CCCC2=O)OC12C(=O)N(C(C)=O)c1ccc(Cl)cc12. The number of fused-ring (bicyclic) bond motifs is 2. The fourth-order valence-electron chi connectivity index (χ4n) is 4.31. The average Bonchev–Trinajstić information content (AvgIpc) is 3.11. The van der Waals surface area contributed by atoms with Crippen LogP contribution >= 0.6 is 11.6 Å². The molecule has 28 heavy (non-hydrogen) atoms. The van der Waals surface area contributed by atoms with Crippen LogP contribution in [0.4, 0.5) is 5.69 Å². The van der Waals surface area contributed by atoms with Crippen molar-refractivity contribution in [3.63, 3.8) is 0 Å². The second kappa shape index (κ2) is 6.44. The van der Waals surface area contributed by atoms with E-state index in [1.54, 1.807) is 13.0 Å². The van der Waals surface area contributed by atoms with Crippen molar-refractivity contribution in [2.75, 3.05) is 11.5 Å². The highest BCUT2D eigenvalue weighted by atomic mass is 35.5. The molecule has 1 aliphatic carbocycles. The number of carbonyl (C=O) groups excluding carboxylic acids is 4. The Labute approximate surface area is 166 Å². The van der Waals surface area contributed by atoms with Gasteiger partial charge < -0.3 is 9.47 Å². The number of ketones is 1. The Morgan fingerprint density at radius 2 is 2.07 bits per heavy atom. The number of esters is 1. The van der Waals surface area contributed by atoms with E-state index in [9.17, 15) is 19.2 Å². The number of imide groups is 1. The molecule has 0 N–H and O–H groups in total. The minimum absolute atomic E-state index is 0.0786. The summed E-state index contributed by atoms with van der Waals surface area (Å²) in [6, 6.07) is 4.60. The Balaban J connectivity index is 1.98. The first kappa shape index (κ1) is 18.7. The average molecular weight is 404 g/mol. The third-order valence-corrected chi connectivity index (χ3v) is 5.58. The van der Waals surface area contributed by atoms with Crippen molar-refractivity contribution >= 4 is 40.9 Å². The fourth-order valence-corrected chi connectivity index (χ4v) is 4.48. The Morgan fingerprint density at radius 1 is 1.32 bits per heavy atom. The third-order valence-electron chi connectivity index (χ3n) is 5.35. The van der Waals surface area contributed by atoms with Crippen molar-refractivity contribution in [1.29, 1.82) is 0 Å². The summed E-state index contributed by atoms with van der Waals surface area (Å²) in [6.45, 7) is 2.97. The van der Waals surface area contributed by atoms with Gasteiger partial charge in [0.25, 0.3) is 5.91 Å². The molecule has 4 rings (SSSR count). The van der Waals surface area contributed by atoms with Crippen molar-refractivity contribution in [3.8, 4) is 0 Å². The summed E-state index contributed by atoms with van der Waals surface area (Å²) < 4.78 is 11.3. The highest BCUT2D eigenvalue weighted by molar-refractivity contribution is 6.31. The molecular weight excluding hydrogens is 386 g/mol. The van der Waals surface area contributed by atoms with Crippen LogP contribution in [0.25, 0.3) is 0 Å². The number of carbonyl (C=O) groups is 4. The van der Waals surface area contributed by atoms with Gasteiger partial charge in [-0.05, 0) is 31.5 Å². The van der Waals surface area contributed by atoms with Crippen LogP contribution in [0.3, 0.4) is 0 Å². The van der Waals surface area contributed by atoms with Crippen LogP contribution in [0.5, 0.6) is 0 Å². The number of hydrogen-bond donors (Lipinski definition) is 0. The van der Waals surface area contributed by atoms with E-state index in [1.165, 1.54) is 19.1 Å². The Bertz CT molecular complexity index is 967. The zero-order valence-corrected chi connectivity index (χ0v) is 16.2. The molecule has 0 bridgehead atoms. The fraction of sp³-hybridized carbons (Fsp3) is 0.400. The number of amides is 2. The Kier molecular flexibility index (Phi) is 4.30. The smallest absolute Gasteiger partial charge is 0.318 e. The summed E-state index contributed by atoms with van der Waals surface area (Å²) >= 11 is 6.16. The molecule has 2 aliphatic heterocycles. The maximum atomic E-state index is 13.5. The van der Waals surface area contributed by atoms with Crippen LogP contribution in [0.1, 0.15) is 38.7 Å². The van der Waals surface area contributed by atoms with Crippen LogP contribution < -0.4 is 4.90 Å². The van der Waals surface area contributed by atoms with Crippen molar-refractivity contribution in [1.82, 2.24) is 0 Å². The molecule has 0 saturated carbocycles. The second-order valence-corrected chi connectivity index (χ2v) is 7.39. The van der Waals surface area contributed by atoms with Crippen molar-refractivity contribution in [2.45, 2.75) is 38.7 Å². The number of allylic oxidation sites excluding steroid dienone is 1. The largest absolute Gasteiger partial charge is 0.475 e. The quantitative estimate of drug-likeness (QED) is 0.705. The molecule has 7 nitrogen and oxygen atoms in total. The summed E-state index contributed by atoms with van der Waals surface area (Å²) in [4.78, 5) is 52.3. The zero-order chi connectivity index (χ0) is 20.2. The molecule has 3 aliphatic rings. The van der Waals surface area contributed by atoms with Crippen molar-refractivity contribution in [3.05, 3.63) is 40.1 Å². The molecule has 1 aromatic rings. The lowest BCUT2D eigenvalue weighted by Crippen LogP contribution is -2.49. The number of halogens is 1. The summed E-state index contributed by atoms with van der Waals surface area (Å²) in [5.74, 6) is -3.16. The highest BCUT2D eigenvalue weighted by Gasteiger charge is 2.67. The third kappa shape index (κ3) is 2.35. The standard InChI is InChI=1S/C20H18ClNO6/c1-3-27-18(25)17-16-14(24)5-4-6-15(16)28-20(17)12-9-11(21)7-8-13(12)22(10(2)23)19(20)26/h7-9,17H,3-6H2,1-2H3. The number of nitrogens with zero attached hydrogens (tertiary/aromatic N) is 1. The second-order valence-electron chi connectivity index (χ2n) is 6.96. The van der Waals surface area contributed by atoms with Crippen molar-refractivity contribution < 1.29 is 28.7 Å². The van der Waals surface area contributed by atoms with Crippen LogP contribution in [-0.2, 0) is 34.3 Å². The van der Waals surface area contributed by atoms with E-state index in [2.05, 4.69) is 0 Å². The molecule has 2 heterocycles. The van der Waals surface area contributed by atoms with E-state index in [1.807, 2.05) is 0 Å². The van der Waals surface area contributed by atoms with Gasteiger partial charge in [-0.15, -0.1) is 0 Å². The maximum absolute atomic E-state index is 13.5. The predicted molar refractivity (Wildman–Crippen MR) is 98.4 cm³/mol. The van der Waals surface area contributed by atoms with Gasteiger partial charge >= 0.3 is 5.97 Å². The highest BCUT2D eigenvalue weighted by Crippen LogP contribution is 2.57. The molecule has 1 aromatic carbocycles. The number of hydrogen-bond acceptors (Lipinski definition) is 6. The van der Waals surface area contributed by atoms with Gasteiger partial charge in [0.2, 0.25) is 11.5 Å². The molecule has 1 spiro atoms. The number of Topliss-reactive ketones (excluding diaryl/α,β-unsaturated/α-hetero) is 1. The predicted octanol–water partition coefficient (Wildman–Crippen LogP) is 2.65. The molecule has 0 radical (unpaired) electrons. The monoisotopic (exact) mass is 403 g/mol. The minimum atomic E-state index is -1.86. The molecule has 0 saturated heterocycles.